The van der Waals surface area contributed by atoms with Gasteiger partial charge in [0.15, 0.2) is 0 Å². The molecule has 4 atom stereocenters. The van der Waals surface area contributed by atoms with E-state index in [-0.39, 0.29) is 11.5 Å². The molecule has 0 saturated carbocycles. The number of ether oxygens (including phenoxy) is 1. The summed E-state index contributed by atoms with van der Waals surface area (Å²) in [5, 5.41) is 13.3. The number of aliphatic hydroxyl groups excluding tert-OH is 1. The van der Waals surface area contributed by atoms with Gasteiger partial charge in [-0.2, -0.15) is 0 Å². The maximum atomic E-state index is 9.78. The Bertz CT molecular complexity index is 202. The van der Waals surface area contributed by atoms with E-state index in [1.807, 2.05) is 6.92 Å². The molecular formula is C13H27NO2. The summed E-state index contributed by atoms with van der Waals surface area (Å²) in [6, 6.07) is 0.479. The normalized spacial score (nSPS) is 28.7. The largest absolute Gasteiger partial charge is 0.393 e. The first-order valence-electron chi connectivity index (χ1n) is 6.49. The zero-order valence-electron chi connectivity index (χ0n) is 11.1. The highest BCUT2D eigenvalue weighted by Crippen LogP contribution is 2.25. The molecule has 3 heteroatoms. The van der Waals surface area contributed by atoms with Gasteiger partial charge in [0.2, 0.25) is 0 Å². The van der Waals surface area contributed by atoms with Gasteiger partial charge in [-0.25, -0.2) is 0 Å². The second kappa shape index (κ2) is 5.99. The molecule has 1 aliphatic heterocycles. The molecule has 1 saturated heterocycles. The van der Waals surface area contributed by atoms with Crippen molar-refractivity contribution >= 4 is 0 Å². The topological polar surface area (TPSA) is 41.5 Å². The summed E-state index contributed by atoms with van der Waals surface area (Å²) in [4.78, 5) is 0. The molecule has 2 N–H and O–H groups in total. The van der Waals surface area contributed by atoms with Gasteiger partial charge < -0.3 is 15.2 Å². The summed E-state index contributed by atoms with van der Waals surface area (Å²) < 4.78 is 5.39. The Kier molecular flexibility index (Phi) is 5.22. The van der Waals surface area contributed by atoms with Gasteiger partial charge in [0.1, 0.15) is 0 Å². The average Bonchev–Trinajstić information content (AvgIpc) is 2.78. The molecule has 0 aromatic carbocycles. The number of hydrogen-bond donors (Lipinski definition) is 2. The lowest BCUT2D eigenvalue weighted by Crippen LogP contribution is -2.45. The van der Waals surface area contributed by atoms with Crippen LogP contribution in [0.1, 0.15) is 40.5 Å². The van der Waals surface area contributed by atoms with Crippen molar-refractivity contribution in [1.82, 2.24) is 5.32 Å². The molecule has 0 aromatic rings. The Hall–Kier alpha value is -0.120. The quantitative estimate of drug-likeness (QED) is 0.730. The lowest BCUT2D eigenvalue weighted by molar-refractivity contribution is 0.0455. The Balaban J connectivity index is 2.36. The fourth-order valence-electron chi connectivity index (χ4n) is 2.08. The Morgan fingerprint density at radius 1 is 1.50 bits per heavy atom. The van der Waals surface area contributed by atoms with Crippen molar-refractivity contribution in [1.29, 1.82) is 0 Å². The summed E-state index contributed by atoms with van der Waals surface area (Å²) in [7, 11) is 0. The van der Waals surface area contributed by atoms with E-state index in [0.717, 1.165) is 32.6 Å². The standard InChI is InChI=1S/C13H27NO2/c1-5-13(4,11(3)15)9-14-10(2)12-6-7-16-8-12/h10-12,14-15H,5-9H2,1-4H3. The van der Waals surface area contributed by atoms with Gasteiger partial charge in [0.25, 0.3) is 0 Å². The van der Waals surface area contributed by atoms with Gasteiger partial charge in [-0.1, -0.05) is 13.8 Å². The predicted octanol–water partition coefficient (Wildman–Crippen LogP) is 1.80. The van der Waals surface area contributed by atoms with Crippen LogP contribution in [0.25, 0.3) is 0 Å². The van der Waals surface area contributed by atoms with Gasteiger partial charge in [-0.15, -0.1) is 0 Å². The minimum atomic E-state index is -0.267. The van der Waals surface area contributed by atoms with E-state index < -0.39 is 0 Å². The lowest BCUT2D eigenvalue weighted by Gasteiger charge is -2.34. The third-order valence-corrected chi connectivity index (χ3v) is 4.32. The molecule has 3 nitrogen and oxygen atoms in total. The third kappa shape index (κ3) is 3.44. The van der Waals surface area contributed by atoms with Crippen LogP contribution in [-0.4, -0.2) is 37.0 Å². The molecule has 0 radical (unpaired) electrons. The summed E-state index contributed by atoms with van der Waals surface area (Å²) >= 11 is 0. The fraction of sp³-hybridized carbons (Fsp3) is 1.00. The number of nitrogens with one attached hydrogen (secondary N) is 1. The van der Waals surface area contributed by atoms with Crippen LogP contribution in [0.2, 0.25) is 0 Å². The van der Waals surface area contributed by atoms with Crippen molar-refractivity contribution < 1.29 is 9.84 Å². The van der Waals surface area contributed by atoms with E-state index in [1.54, 1.807) is 0 Å². The van der Waals surface area contributed by atoms with E-state index in [4.69, 9.17) is 4.74 Å². The SMILES string of the molecule is CCC(C)(CNC(C)C1CCOC1)C(C)O. The highest BCUT2D eigenvalue weighted by atomic mass is 16.5. The maximum absolute atomic E-state index is 9.78. The van der Waals surface area contributed by atoms with Gasteiger partial charge >= 0.3 is 0 Å². The summed E-state index contributed by atoms with van der Waals surface area (Å²) in [6.07, 6.45) is 1.88. The van der Waals surface area contributed by atoms with Gasteiger partial charge in [0, 0.05) is 24.6 Å². The molecule has 1 aliphatic rings. The van der Waals surface area contributed by atoms with Gasteiger partial charge in [0.05, 0.1) is 12.7 Å². The van der Waals surface area contributed by atoms with Crippen LogP contribution < -0.4 is 5.32 Å². The van der Waals surface area contributed by atoms with Gasteiger partial charge in [-0.05, 0) is 32.6 Å². The average molecular weight is 229 g/mol. The first-order valence-corrected chi connectivity index (χ1v) is 6.49. The molecule has 4 unspecified atom stereocenters. The Labute approximate surface area is 99.6 Å². The number of aliphatic hydroxyl groups is 1. The van der Waals surface area contributed by atoms with E-state index in [9.17, 15) is 5.11 Å². The van der Waals surface area contributed by atoms with Crippen molar-refractivity contribution in [2.45, 2.75) is 52.7 Å². The second-order valence-electron chi connectivity index (χ2n) is 5.48. The molecule has 0 spiro atoms. The first-order chi connectivity index (χ1) is 7.49. The molecule has 0 aromatic heterocycles. The molecule has 96 valence electrons. The number of hydrogen-bond acceptors (Lipinski definition) is 3. The second-order valence-corrected chi connectivity index (χ2v) is 5.48. The zero-order valence-corrected chi connectivity index (χ0v) is 11.1. The van der Waals surface area contributed by atoms with Crippen LogP contribution in [0.5, 0.6) is 0 Å². The molecule has 0 aliphatic carbocycles. The highest BCUT2D eigenvalue weighted by Gasteiger charge is 2.30. The molecule has 1 fully saturated rings. The van der Waals surface area contributed by atoms with Crippen LogP contribution in [-0.2, 0) is 4.74 Å². The monoisotopic (exact) mass is 229 g/mol. The number of rotatable bonds is 6. The molecule has 0 amide bonds. The zero-order chi connectivity index (χ0) is 12.2. The van der Waals surface area contributed by atoms with Crippen LogP contribution in [0.4, 0.5) is 0 Å². The summed E-state index contributed by atoms with van der Waals surface area (Å²) in [5.41, 5.74) is -0.0201. The molecule has 16 heavy (non-hydrogen) atoms. The third-order valence-electron chi connectivity index (χ3n) is 4.32. The minimum absolute atomic E-state index is 0.0201. The molecular weight excluding hydrogens is 202 g/mol. The van der Waals surface area contributed by atoms with Crippen LogP contribution in [0.15, 0.2) is 0 Å². The van der Waals surface area contributed by atoms with E-state index in [1.165, 1.54) is 0 Å². The maximum Gasteiger partial charge on any atom is 0.0577 e. The van der Waals surface area contributed by atoms with E-state index in [0.29, 0.717) is 12.0 Å². The Morgan fingerprint density at radius 3 is 2.62 bits per heavy atom. The molecule has 0 bridgehead atoms. The van der Waals surface area contributed by atoms with Crippen LogP contribution >= 0.6 is 0 Å². The highest BCUT2D eigenvalue weighted by molar-refractivity contribution is 4.84. The van der Waals surface area contributed by atoms with E-state index in [2.05, 4.69) is 26.1 Å². The van der Waals surface area contributed by atoms with Crippen molar-refractivity contribution in [3.8, 4) is 0 Å². The van der Waals surface area contributed by atoms with Crippen molar-refractivity contribution in [3.63, 3.8) is 0 Å². The van der Waals surface area contributed by atoms with E-state index >= 15 is 0 Å². The minimum Gasteiger partial charge on any atom is -0.393 e. The summed E-state index contributed by atoms with van der Waals surface area (Å²) in [6.45, 7) is 11.0. The van der Waals surface area contributed by atoms with Gasteiger partial charge in [-0.3, -0.25) is 0 Å². The Morgan fingerprint density at radius 2 is 2.19 bits per heavy atom. The van der Waals surface area contributed by atoms with Crippen molar-refractivity contribution in [2.75, 3.05) is 19.8 Å². The lowest BCUT2D eigenvalue weighted by atomic mass is 9.82. The first kappa shape index (κ1) is 13.9. The smallest absolute Gasteiger partial charge is 0.0577 e. The van der Waals surface area contributed by atoms with Crippen LogP contribution in [0.3, 0.4) is 0 Å². The van der Waals surface area contributed by atoms with Crippen LogP contribution in [0, 0.1) is 11.3 Å². The van der Waals surface area contributed by atoms with Crippen molar-refractivity contribution in [2.24, 2.45) is 11.3 Å². The molecule has 1 rings (SSSR count). The molecule has 1 heterocycles. The van der Waals surface area contributed by atoms with Crippen molar-refractivity contribution in [3.05, 3.63) is 0 Å². The fourth-order valence-corrected chi connectivity index (χ4v) is 2.08. The summed E-state index contributed by atoms with van der Waals surface area (Å²) in [5.74, 6) is 0.634. The predicted molar refractivity (Wildman–Crippen MR) is 66.5 cm³/mol.